The van der Waals surface area contributed by atoms with Gasteiger partial charge in [0.25, 0.3) is 5.91 Å². The normalized spacial score (nSPS) is 10.9. The van der Waals surface area contributed by atoms with Gasteiger partial charge in [-0.2, -0.15) is 0 Å². The highest BCUT2D eigenvalue weighted by Gasteiger charge is 2.23. The summed E-state index contributed by atoms with van der Waals surface area (Å²) in [5.74, 6) is 0.616. The number of aryl methyl sites for hydroxylation is 1. The fourth-order valence-electron chi connectivity index (χ4n) is 4.07. The minimum atomic E-state index is -0.355. The van der Waals surface area contributed by atoms with Crippen LogP contribution in [0.4, 0.5) is 5.95 Å². The Morgan fingerprint density at radius 2 is 1.71 bits per heavy atom. The number of ether oxygens (including phenoxy) is 1. The van der Waals surface area contributed by atoms with Crippen LogP contribution in [0, 0.1) is 12.8 Å². The maximum Gasteiger partial charge on any atom is 0.255 e. The van der Waals surface area contributed by atoms with Crippen molar-refractivity contribution in [1.29, 1.82) is 0 Å². The Labute approximate surface area is 228 Å². The monoisotopic (exact) mass is 530 g/mol. The molecule has 0 spiro atoms. The molecule has 0 fully saturated rings. The van der Waals surface area contributed by atoms with Crippen molar-refractivity contribution in [3.63, 3.8) is 0 Å². The van der Waals surface area contributed by atoms with Gasteiger partial charge in [0.05, 0.1) is 23.4 Å². The number of nitrogens with zero attached hydrogens (tertiary/aromatic N) is 3. The van der Waals surface area contributed by atoms with Crippen LogP contribution < -0.4 is 10.1 Å². The summed E-state index contributed by atoms with van der Waals surface area (Å²) in [5.41, 5.74) is 3.91. The third kappa shape index (κ3) is 6.42. The highest BCUT2D eigenvalue weighted by Crippen LogP contribution is 2.26. The van der Waals surface area contributed by atoms with Crippen LogP contribution in [0.3, 0.4) is 0 Å². The van der Waals surface area contributed by atoms with Crippen molar-refractivity contribution in [2.75, 3.05) is 25.5 Å². The predicted octanol–water partition coefficient (Wildman–Crippen LogP) is 6.25. The second kappa shape index (κ2) is 12.0. The number of benzene rings is 3. The second-order valence-corrected chi connectivity index (χ2v) is 9.90. The first-order valence-corrected chi connectivity index (χ1v) is 12.8. The van der Waals surface area contributed by atoms with E-state index in [4.69, 9.17) is 21.3 Å². The topological polar surface area (TPSA) is 76.5 Å². The average molecular weight is 531 g/mol. The van der Waals surface area contributed by atoms with Crippen LogP contribution in [-0.4, -0.2) is 46.5 Å². The number of carbonyl (C=O) groups excluding carboxylic acids is 2. The summed E-state index contributed by atoms with van der Waals surface area (Å²) in [6.45, 7) is 6.27. The molecule has 1 aromatic heterocycles. The second-order valence-electron chi connectivity index (χ2n) is 9.49. The van der Waals surface area contributed by atoms with Gasteiger partial charge in [-0.3, -0.25) is 19.5 Å². The van der Waals surface area contributed by atoms with E-state index in [0.717, 1.165) is 22.6 Å². The van der Waals surface area contributed by atoms with E-state index in [2.05, 4.69) is 5.32 Å². The van der Waals surface area contributed by atoms with E-state index in [0.29, 0.717) is 28.8 Å². The van der Waals surface area contributed by atoms with E-state index >= 15 is 0 Å². The van der Waals surface area contributed by atoms with E-state index in [9.17, 15) is 9.59 Å². The minimum absolute atomic E-state index is 0.138. The maximum absolute atomic E-state index is 13.3. The molecule has 1 N–H and O–H groups in total. The molecule has 4 rings (SSSR count). The van der Waals surface area contributed by atoms with Crippen molar-refractivity contribution in [3.8, 4) is 22.7 Å². The molecule has 0 saturated carbocycles. The number of hydrogen-bond donors (Lipinski definition) is 1. The number of anilines is 1. The molecule has 0 unspecified atom stereocenters. The fourth-order valence-corrected chi connectivity index (χ4v) is 4.29. The lowest BCUT2D eigenvalue weighted by Gasteiger charge is -2.24. The van der Waals surface area contributed by atoms with E-state index < -0.39 is 0 Å². The molecule has 0 radical (unpaired) electrons. The molecule has 7 nitrogen and oxygen atoms in total. The number of carbonyl (C=O) groups is 2. The molecule has 4 aromatic rings. The molecular formula is C30H31ClN4O3. The predicted molar refractivity (Wildman–Crippen MR) is 151 cm³/mol. The Morgan fingerprint density at radius 1 is 1.03 bits per heavy atom. The molecule has 3 aromatic carbocycles. The third-order valence-corrected chi connectivity index (χ3v) is 6.30. The number of hydrogen-bond acceptors (Lipinski definition) is 4. The van der Waals surface area contributed by atoms with Crippen molar-refractivity contribution in [2.45, 2.75) is 20.8 Å². The molecule has 8 heteroatoms. The first kappa shape index (κ1) is 26.9. The van der Waals surface area contributed by atoms with E-state index in [1.54, 1.807) is 31.4 Å². The quantitative estimate of drug-likeness (QED) is 0.277. The van der Waals surface area contributed by atoms with Crippen molar-refractivity contribution in [2.24, 2.45) is 5.92 Å². The van der Waals surface area contributed by atoms with Crippen LogP contribution in [0.2, 0.25) is 5.02 Å². The van der Waals surface area contributed by atoms with Gasteiger partial charge >= 0.3 is 0 Å². The number of amides is 2. The van der Waals surface area contributed by atoms with Crippen molar-refractivity contribution >= 4 is 29.4 Å². The standard InChI is InChI=1S/C30H31ClN4O3/c1-20(2)17-34(29(37)25-7-5-6-8-26(25)31)19-28(36)33-30-32-27(22-11-15-24(38-4)16-12-22)18-35(30)23-13-9-21(3)10-14-23/h5-16,18,20H,17,19H2,1-4H3,(H,32,33,36). The van der Waals surface area contributed by atoms with Gasteiger partial charge in [0.1, 0.15) is 12.3 Å². The number of methoxy groups -OCH3 is 1. The molecule has 196 valence electrons. The van der Waals surface area contributed by atoms with E-state index in [1.165, 1.54) is 4.90 Å². The summed E-state index contributed by atoms with van der Waals surface area (Å²) in [5, 5.41) is 3.27. The first-order chi connectivity index (χ1) is 18.2. The smallest absolute Gasteiger partial charge is 0.255 e. The molecule has 0 aliphatic heterocycles. The Kier molecular flexibility index (Phi) is 8.48. The molecule has 0 saturated heterocycles. The molecule has 0 aliphatic rings. The zero-order valence-electron chi connectivity index (χ0n) is 21.9. The molecular weight excluding hydrogens is 500 g/mol. The van der Waals surface area contributed by atoms with Crippen molar-refractivity contribution in [3.05, 3.63) is 95.1 Å². The Hall–Kier alpha value is -4.10. The van der Waals surface area contributed by atoms with Gasteiger partial charge in [-0.05, 0) is 61.4 Å². The van der Waals surface area contributed by atoms with Gasteiger partial charge in [-0.1, -0.05) is 55.3 Å². The zero-order valence-corrected chi connectivity index (χ0v) is 22.7. The van der Waals surface area contributed by atoms with Gasteiger partial charge in [0.15, 0.2) is 0 Å². The summed E-state index contributed by atoms with van der Waals surface area (Å²) in [7, 11) is 1.62. The highest BCUT2D eigenvalue weighted by atomic mass is 35.5. The summed E-state index contributed by atoms with van der Waals surface area (Å²) < 4.78 is 7.10. The molecule has 0 aliphatic carbocycles. The Balaban J connectivity index is 1.63. The van der Waals surface area contributed by atoms with Crippen LogP contribution >= 0.6 is 11.6 Å². The summed E-state index contributed by atoms with van der Waals surface area (Å²) in [6, 6.07) is 22.4. The Bertz CT molecular complexity index is 1410. The number of rotatable bonds is 9. The van der Waals surface area contributed by atoms with Gasteiger partial charge in [-0.25, -0.2) is 4.98 Å². The van der Waals surface area contributed by atoms with Gasteiger partial charge in [0.2, 0.25) is 11.9 Å². The Morgan fingerprint density at radius 3 is 2.34 bits per heavy atom. The van der Waals surface area contributed by atoms with Gasteiger partial charge < -0.3 is 9.64 Å². The summed E-state index contributed by atoms with van der Waals surface area (Å²) in [6.07, 6.45) is 1.88. The number of imidazole rings is 1. The molecule has 0 bridgehead atoms. The number of aromatic nitrogens is 2. The molecule has 38 heavy (non-hydrogen) atoms. The molecule has 1 heterocycles. The fraction of sp³-hybridized carbons (Fsp3) is 0.233. The third-order valence-electron chi connectivity index (χ3n) is 5.97. The zero-order chi connectivity index (χ0) is 27.2. The SMILES string of the molecule is COc1ccc(-c2cn(-c3ccc(C)cc3)c(NC(=O)CN(CC(C)C)C(=O)c3ccccc3Cl)n2)cc1. The van der Waals surface area contributed by atoms with Gasteiger partial charge in [-0.15, -0.1) is 0 Å². The molecule has 2 amide bonds. The van der Waals surface area contributed by atoms with Crippen LogP contribution in [-0.2, 0) is 4.79 Å². The largest absolute Gasteiger partial charge is 0.497 e. The minimum Gasteiger partial charge on any atom is -0.497 e. The number of nitrogens with one attached hydrogen (secondary N) is 1. The summed E-state index contributed by atoms with van der Waals surface area (Å²) >= 11 is 6.28. The first-order valence-electron chi connectivity index (χ1n) is 12.4. The van der Waals surface area contributed by atoms with Crippen LogP contribution in [0.1, 0.15) is 29.8 Å². The maximum atomic E-state index is 13.3. The lowest BCUT2D eigenvalue weighted by Crippen LogP contribution is -2.40. The van der Waals surface area contributed by atoms with Crippen molar-refractivity contribution in [1.82, 2.24) is 14.5 Å². The van der Waals surface area contributed by atoms with Crippen LogP contribution in [0.15, 0.2) is 79.0 Å². The van der Waals surface area contributed by atoms with E-state index in [-0.39, 0.29) is 24.3 Å². The summed E-state index contributed by atoms with van der Waals surface area (Å²) in [4.78, 5) is 32.8. The van der Waals surface area contributed by atoms with E-state index in [1.807, 2.05) is 80.1 Å². The van der Waals surface area contributed by atoms with Crippen LogP contribution in [0.5, 0.6) is 5.75 Å². The average Bonchev–Trinajstić information content (AvgIpc) is 3.32. The van der Waals surface area contributed by atoms with Crippen molar-refractivity contribution < 1.29 is 14.3 Å². The van der Waals surface area contributed by atoms with Crippen LogP contribution in [0.25, 0.3) is 16.9 Å². The van der Waals surface area contributed by atoms with Gasteiger partial charge in [0, 0.05) is 24.0 Å². The lowest BCUT2D eigenvalue weighted by atomic mass is 10.1. The lowest BCUT2D eigenvalue weighted by molar-refractivity contribution is -0.117. The molecule has 0 atom stereocenters. The number of halogens is 1. The highest BCUT2D eigenvalue weighted by molar-refractivity contribution is 6.33.